The number of pyridine rings is 1. The van der Waals surface area contributed by atoms with E-state index in [1.54, 1.807) is 0 Å². The van der Waals surface area contributed by atoms with E-state index in [0.29, 0.717) is 67.1 Å². The number of fused-ring (bicyclic) bond motifs is 1. The average Bonchev–Trinajstić information content (AvgIpc) is 3.75. The summed E-state index contributed by atoms with van der Waals surface area (Å²) < 4.78 is 13.5. The van der Waals surface area contributed by atoms with Crippen molar-refractivity contribution in [3.8, 4) is 0 Å². The number of hydrogen-bond acceptors (Lipinski definition) is 9. The van der Waals surface area contributed by atoms with Gasteiger partial charge in [0.15, 0.2) is 11.4 Å². The standard InChI is InChI=1S/C25H30N6O2.C18H25FN4O5/c26-21(15-17-7-2-1-3-8-17)23(32)31-22(11-6-14-29-25(27)28)24(33)30-20-13-12-18-9-4-5-10-19(18)16-20;1-2-3-5-13(10-21(27)12-24)18(26)22-9-4-6-15(22)17(25)20-16-8-7-14(19)11-23(16)28/h1-5,7-10,12-13,16,21-22H,6,11,14-15,26H2,(H,30,33)(H,31,32)(H4,27,28,29);7-8,11-13,15,27-28H,2-6,9-10H2,1H3/t21-,22-;13-,15+/m01/s1. The number of likely N-dealkylation sites (tertiary alicyclic amines) is 1. The molecule has 1 fully saturated rings. The van der Waals surface area contributed by atoms with E-state index >= 15 is 0 Å². The van der Waals surface area contributed by atoms with Gasteiger partial charge in [-0.1, -0.05) is 80.4 Å². The molecule has 5 amide bonds. The molecule has 61 heavy (non-hydrogen) atoms. The van der Waals surface area contributed by atoms with Gasteiger partial charge in [0.1, 0.15) is 17.9 Å². The first-order valence-corrected chi connectivity index (χ1v) is 20.1. The number of nitrogens with one attached hydrogen (secondary N) is 2. The van der Waals surface area contributed by atoms with E-state index in [0.717, 1.165) is 47.5 Å². The Morgan fingerprint density at radius 3 is 2.38 bits per heavy atom. The molecule has 0 aliphatic carbocycles. The molecule has 0 saturated carbocycles. The van der Waals surface area contributed by atoms with Crippen LogP contribution in [0.15, 0.2) is 101 Å². The van der Waals surface area contributed by atoms with Gasteiger partial charge in [0.25, 0.3) is 5.91 Å². The van der Waals surface area contributed by atoms with Gasteiger partial charge in [-0.15, -0.1) is 0 Å². The Hall–Kier alpha value is -6.66. The topological polar surface area (TPSA) is 264 Å². The van der Waals surface area contributed by atoms with Crippen molar-refractivity contribution in [1.29, 1.82) is 0 Å². The van der Waals surface area contributed by atoms with Crippen molar-refractivity contribution in [3.63, 3.8) is 0 Å². The molecule has 0 radical (unpaired) electrons. The fraction of sp³-hybridized carbons (Fsp3) is 0.372. The fourth-order valence-corrected chi connectivity index (χ4v) is 6.77. The molecular weight excluding hydrogens is 788 g/mol. The number of guanidine groups is 1. The molecule has 18 heteroatoms. The third-order valence-corrected chi connectivity index (χ3v) is 9.93. The van der Waals surface area contributed by atoms with Gasteiger partial charge in [0.2, 0.25) is 24.1 Å². The lowest BCUT2D eigenvalue weighted by molar-refractivity contribution is -0.157. The summed E-state index contributed by atoms with van der Waals surface area (Å²) in [6.07, 6.45) is 5.34. The van der Waals surface area contributed by atoms with Crippen molar-refractivity contribution in [2.45, 2.75) is 76.4 Å². The van der Waals surface area contributed by atoms with Crippen LogP contribution in [0.5, 0.6) is 0 Å². The number of halogens is 1. The number of aliphatic imine (C=N–C) groups is 1. The Kier molecular flexibility index (Phi) is 18.4. The Morgan fingerprint density at radius 2 is 1.69 bits per heavy atom. The summed E-state index contributed by atoms with van der Waals surface area (Å²) in [5.74, 6) is -2.98. The first-order chi connectivity index (χ1) is 29.3. The van der Waals surface area contributed by atoms with Crippen LogP contribution in [0.4, 0.5) is 10.1 Å². The van der Waals surface area contributed by atoms with Gasteiger partial charge < -0.3 is 37.9 Å². The van der Waals surface area contributed by atoms with Crippen molar-refractivity contribution >= 4 is 52.5 Å². The van der Waals surface area contributed by atoms with Gasteiger partial charge in [0.05, 0.1) is 24.7 Å². The highest BCUT2D eigenvalue weighted by Crippen LogP contribution is 2.24. The third kappa shape index (κ3) is 14.8. The molecule has 4 atom stereocenters. The van der Waals surface area contributed by atoms with Crippen molar-refractivity contribution in [1.82, 2.24) is 20.0 Å². The molecule has 1 aromatic heterocycles. The Labute approximate surface area is 353 Å². The second kappa shape index (κ2) is 23.8. The molecule has 1 saturated heterocycles. The van der Waals surface area contributed by atoms with Gasteiger partial charge in [-0.3, -0.25) is 34.2 Å². The van der Waals surface area contributed by atoms with E-state index < -0.39 is 35.8 Å². The molecule has 0 bridgehead atoms. The number of nitrogens with zero attached hydrogens (tertiary/aromatic N) is 5. The monoisotopic (exact) mass is 842 g/mol. The first-order valence-electron chi connectivity index (χ1n) is 20.1. The number of carbonyl (C=O) groups is 5. The van der Waals surface area contributed by atoms with Crippen molar-refractivity contribution in [3.05, 3.63) is 108 Å². The average molecular weight is 843 g/mol. The van der Waals surface area contributed by atoms with E-state index in [-0.39, 0.29) is 42.1 Å². The van der Waals surface area contributed by atoms with Gasteiger partial charge in [-0.05, 0) is 79.1 Å². The number of rotatable bonds is 18. The molecule has 4 aromatic rings. The number of nitrogens with two attached hydrogens (primary N) is 3. The lowest BCUT2D eigenvalue weighted by atomic mass is 9.99. The minimum Gasteiger partial charge on any atom is -0.427 e. The second-order valence-corrected chi connectivity index (χ2v) is 14.6. The summed E-state index contributed by atoms with van der Waals surface area (Å²) in [5, 5.41) is 27.4. The highest BCUT2D eigenvalue weighted by atomic mass is 19.1. The van der Waals surface area contributed by atoms with Crippen LogP contribution in [0.1, 0.15) is 57.4 Å². The molecule has 0 spiro atoms. The number of unbranched alkanes of at least 4 members (excludes halogenated alkanes) is 1. The molecule has 1 aliphatic heterocycles. The van der Waals surface area contributed by atoms with Crippen LogP contribution in [-0.2, 0) is 30.4 Å². The van der Waals surface area contributed by atoms with Crippen LogP contribution >= 0.6 is 0 Å². The number of anilines is 1. The minimum absolute atomic E-state index is 0.0129. The predicted octanol–water partition coefficient (Wildman–Crippen LogP) is 2.82. The number of amides is 5. The Bertz CT molecular complexity index is 2200. The van der Waals surface area contributed by atoms with Crippen LogP contribution in [0.2, 0.25) is 0 Å². The fourth-order valence-electron chi connectivity index (χ4n) is 6.77. The number of aromatic nitrogens is 1. The van der Waals surface area contributed by atoms with Crippen molar-refractivity contribution < 1.29 is 38.8 Å². The zero-order chi connectivity index (χ0) is 44.3. The summed E-state index contributed by atoms with van der Waals surface area (Å²) >= 11 is 0. The quantitative estimate of drug-likeness (QED) is 0.0147. The summed E-state index contributed by atoms with van der Waals surface area (Å²) in [6, 6.07) is 22.9. The number of benzene rings is 3. The highest BCUT2D eigenvalue weighted by Gasteiger charge is 2.37. The summed E-state index contributed by atoms with van der Waals surface area (Å²) in [5.41, 5.74) is 18.3. The lowest BCUT2D eigenvalue weighted by Crippen LogP contribution is -2.50. The van der Waals surface area contributed by atoms with Crippen LogP contribution < -0.4 is 33.3 Å². The third-order valence-electron chi connectivity index (χ3n) is 9.93. The molecule has 10 N–H and O–H groups in total. The molecule has 3 aromatic carbocycles. The molecule has 5 rings (SSSR count). The predicted molar refractivity (Wildman–Crippen MR) is 227 cm³/mol. The van der Waals surface area contributed by atoms with E-state index in [2.05, 4.69) is 20.6 Å². The number of hydroxylamine groups is 2. The highest BCUT2D eigenvalue weighted by molar-refractivity contribution is 5.99. The molecule has 0 unspecified atom stereocenters. The van der Waals surface area contributed by atoms with E-state index in [1.165, 1.54) is 4.90 Å². The van der Waals surface area contributed by atoms with Crippen molar-refractivity contribution in [2.24, 2.45) is 33.1 Å². The van der Waals surface area contributed by atoms with Crippen LogP contribution in [0.25, 0.3) is 10.8 Å². The smallest absolute Gasteiger partial charge is 0.270 e. The normalized spacial score (nSPS) is 15.1. The van der Waals surface area contributed by atoms with Crippen LogP contribution in [0.3, 0.4) is 0 Å². The molecule has 1 aliphatic rings. The van der Waals surface area contributed by atoms with Gasteiger partial charge in [-0.2, -0.15) is 9.72 Å². The first kappa shape index (κ1) is 47.0. The van der Waals surface area contributed by atoms with E-state index in [9.17, 15) is 38.8 Å². The maximum Gasteiger partial charge on any atom is 0.270 e. The Balaban J connectivity index is 0.000000272. The zero-order valence-corrected chi connectivity index (χ0v) is 34.1. The van der Waals surface area contributed by atoms with Gasteiger partial charge >= 0.3 is 0 Å². The number of hydrogen-bond donors (Lipinski definition) is 7. The van der Waals surface area contributed by atoms with Crippen LogP contribution in [0, 0.1) is 11.7 Å². The largest absolute Gasteiger partial charge is 0.427 e. The molecule has 17 nitrogen and oxygen atoms in total. The minimum atomic E-state index is -0.801. The summed E-state index contributed by atoms with van der Waals surface area (Å²) in [4.78, 5) is 71.2. The van der Waals surface area contributed by atoms with Crippen molar-refractivity contribution in [2.75, 3.05) is 25.0 Å². The van der Waals surface area contributed by atoms with Gasteiger partial charge in [0, 0.05) is 18.8 Å². The van der Waals surface area contributed by atoms with E-state index in [4.69, 9.17) is 17.2 Å². The molecule has 2 heterocycles. The Morgan fingerprint density at radius 1 is 0.967 bits per heavy atom. The zero-order valence-electron chi connectivity index (χ0n) is 34.1. The summed E-state index contributed by atoms with van der Waals surface area (Å²) in [6.45, 7) is 2.54. The van der Waals surface area contributed by atoms with E-state index in [1.807, 2.05) is 79.7 Å². The second-order valence-electron chi connectivity index (χ2n) is 14.6. The maximum absolute atomic E-state index is 13.1. The number of carbonyl (C=O) groups excluding carboxylic acids is 5. The SMILES string of the molecule is CCCC[C@H](CN(O)C=O)C(=O)N1CCC[C@H]1C(=O)N=c1ccc(F)cn1O.NC(N)=NCCC[C@H](NC(=O)[C@@H](N)Cc1ccccc1)C(=O)Nc1ccc2ccccc2c1. The maximum atomic E-state index is 13.1. The molecule has 326 valence electrons. The summed E-state index contributed by atoms with van der Waals surface area (Å²) in [7, 11) is 0. The molecular formula is C43H55FN10O7. The van der Waals surface area contributed by atoms with Crippen LogP contribution in [-0.4, -0.2) is 98.9 Å². The lowest BCUT2D eigenvalue weighted by Gasteiger charge is -2.28. The van der Waals surface area contributed by atoms with Gasteiger partial charge in [-0.25, -0.2) is 9.45 Å².